The van der Waals surface area contributed by atoms with Crippen LogP contribution in [0.5, 0.6) is 0 Å². The molecule has 0 radical (unpaired) electrons. The summed E-state index contributed by atoms with van der Waals surface area (Å²) in [5.41, 5.74) is 1.61. The number of benzene rings is 1. The highest BCUT2D eigenvalue weighted by molar-refractivity contribution is 7.99. The van der Waals surface area contributed by atoms with Gasteiger partial charge in [0.25, 0.3) is 5.91 Å². The number of aliphatic hydroxyl groups is 1. The van der Waals surface area contributed by atoms with E-state index in [4.69, 9.17) is 0 Å². The van der Waals surface area contributed by atoms with Gasteiger partial charge in [-0.3, -0.25) is 9.69 Å². The van der Waals surface area contributed by atoms with Gasteiger partial charge in [-0.05, 0) is 43.2 Å². The first-order valence-corrected chi connectivity index (χ1v) is 15.4. The molecule has 13 heteroatoms. The van der Waals surface area contributed by atoms with E-state index in [2.05, 4.69) is 38.1 Å². The average molecular weight is 607 g/mol. The molecule has 0 spiro atoms. The Morgan fingerprint density at radius 3 is 2.71 bits per heavy atom. The van der Waals surface area contributed by atoms with Gasteiger partial charge in [0, 0.05) is 74.0 Å². The summed E-state index contributed by atoms with van der Waals surface area (Å²) < 4.78 is 42.1. The second kappa shape index (κ2) is 12.2. The van der Waals surface area contributed by atoms with Crippen molar-refractivity contribution in [2.75, 3.05) is 62.3 Å². The van der Waals surface area contributed by atoms with Crippen LogP contribution < -0.4 is 10.2 Å². The lowest BCUT2D eigenvalue weighted by Gasteiger charge is -2.41. The van der Waals surface area contributed by atoms with Crippen LogP contribution in [0.3, 0.4) is 0 Å². The molecule has 1 unspecified atom stereocenters. The number of hydrogen-bond acceptors (Lipinski definition) is 9. The first-order valence-electron chi connectivity index (χ1n) is 13.6. The van der Waals surface area contributed by atoms with Gasteiger partial charge >= 0.3 is 6.18 Å². The number of hydrogen-bond donors (Lipinski definition) is 2. The van der Waals surface area contributed by atoms with Crippen LogP contribution in [-0.2, 0) is 12.6 Å². The lowest BCUT2D eigenvalue weighted by atomic mass is 10.1. The van der Waals surface area contributed by atoms with Crippen molar-refractivity contribution in [2.24, 2.45) is 0 Å². The van der Waals surface area contributed by atoms with Crippen molar-refractivity contribution < 1.29 is 23.1 Å². The number of β-amino-alcohol motifs (C(OH)–C–C–N with tert-alkyl or cyclic N) is 1. The number of piperazine rings is 1. The molecule has 2 N–H and O–H groups in total. The predicted octanol–water partition coefficient (Wildman–Crippen LogP) is 5.21. The van der Waals surface area contributed by atoms with Crippen molar-refractivity contribution in [1.82, 2.24) is 19.8 Å². The van der Waals surface area contributed by atoms with Gasteiger partial charge in [0.1, 0.15) is 10.4 Å². The van der Waals surface area contributed by atoms with E-state index in [9.17, 15) is 23.1 Å². The summed E-state index contributed by atoms with van der Waals surface area (Å²) in [6.07, 6.45) is -3.14. The van der Waals surface area contributed by atoms with Crippen LogP contribution in [0, 0.1) is 0 Å². The summed E-state index contributed by atoms with van der Waals surface area (Å²) in [5, 5.41) is 12.4. The maximum Gasteiger partial charge on any atom is 0.420 e. The number of rotatable bonds is 7. The van der Waals surface area contributed by atoms with Crippen molar-refractivity contribution in [2.45, 2.75) is 37.4 Å². The van der Waals surface area contributed by atoms with E-state index in [1.54, 1.807) is 18.0 Å². The largest absolute Gasteiger partial charge is 0.420 e. The van der Waals surface area contributed by atoms with Crippen molar-refractivity contribution in [1.29, 1.82) is 0 Å². The Morgan fingerprint density at radius 1 is 1.20 bits per heavy atom. The lowest BCUT2D eigenvalue weighted by molar-refractivity contribution is -0.137. The number of nitrogens with one attached hydrogen (secondary N) is 1. The summed E-state index contributed by atoms with van der Waals surface area (Å²) in [6.45, 7) is 8.12. The van der Waals surface area contributed by atoms with Crippen LogP contribution >= 0.6 is 23.1 Å². The molecule has 1 saturated heterocycles. The van der Waals surface area contributed by atoms with Gasteiger partial charge in [-0.2, -0.15) is 13.2 Å². The number of alkyl halides is 3. The Hall–Kier alpha value is -2.87. The standard InChI is InChI=1S/C28H33F3N6O2S2/c1-4-18-13-19(37-8-7-36(9-11-38)16-17(37)2)5-6-21(18)33-27-32-15-20(28(29,30)31)24(34-27)22-14-23-25(41-22)26(39)35(3)10-12-40-23/h5-6,13-15,17,38H,4,7-12,16H2,1-3H3,(H,32,33,34). The maximum atomic E-state index is 14.0. The molecule has 1 aromatic carbocycles. The summed E-state index contributed by atoms with van der Waals surface area (Å²) in [6, 6.07) is 7.92. The number of aliphatic hydroxyl groups excluding tert-OH is 1. The number of nitrogens with zero attached hydrogens (tertiary/aromatic N) is 5. The zero-order valence-electron chi connectivity index (χ0n) is 23.2. The van der Waals surface area contributed by atoms with Crippen molar-refractivity contribution in [3.8, 4) is 10.6 Å². The normalized spacial score (nSPS) is 18.4. The molecule has 4 heterocycles. The number of anilines is 3. The molecule has 8 nitrogen and oxygen atoms in total. The van der Waals surface area contributed by atoms with Crippen LogP contribution in [0.25, 0.3) is 10.6 Å². The molecule has 41 heavy (non-hydrogen) atoms. The van der Waals surface area contributed by atoms with E-state index >= 15 is 0 Å². The van der Waals surface area contributed by atoms with Gasteiger partial charge in [0.2, 0.25) is 5.95 Å². The van der Waals surface area contributed by atoms with Crippen LogP contribution in [-0.4, -0.2) is 89.0 Å². The first kappa shape index (κ1) is 29.6. The summed E-state index contributed by atoms with van der Waals surface area (Å²) >= 11 is 2.50. The van der Waals surface area contributed by atoms with Crippen molar-refractivity contribution >= 4 is 46.3 Å². The van der Waals surface area contributed by atoms with Crippen molar-refractivity contribution in [3.63, 3.8) is 0 Å². The highest BCUT2D eigenvalue weighted by atomic mass is 32.2. The third kappa shape index (κ3) is 6.32. The molecule has 1 atom stereocenters. The highest BCUT2D eigenvalue weighted by Crippen LogP contribution is 2.43. The van der Waals surface area contributed by atoms with E-state index < -0.39 is 11.7 Å². The minimum atomic E-state index is -4.66. The van der Waals surface area contributed by atoms with Gasteiger partial charge < -0.3 is 20.2 Å². The van der Waals surface area contributed by atoms with Gasteiger partial charge in [0.05, 0.1) is 17.2 Å². The number of thiophene rings is 1. The van der Waals surface area contributed by atoms with Crippen LogP contribution in [0.2, 0.25) is 0 Å². The van der Waals surface area contributed by atoms with Crippen molar-refractivity contribution in [3.05, 3.63) is 46.5 Å². The Morgan fingerprint density at radius 2 is 2.00 bits per heavy atom. The second-order valence-electron chi connectivity index (χ2n) is 10.2. The Balaban J connectivity index is 1.44. The number of amides is 1. The van der Waals surface area contributed by atoms with Gasteiger partial charge in [0.15, 0.2) is 0 Å². The van der Waals surface area contributed by atoms with Crippen LogP contribution in [0.1, 0.15) is 34.6 Å². The summed E-state index contributed by atoms with van der Waals surface area (Å²) in [5.74, 6) is 0.529. The number of carbonyl (C=O) groups is 1. The number of fused-ring (bicyclic) bond motifs is 1. The quantitative estimate of drug-likeness (QED) is 0.379. The molecule has 1 fully saturated rings. The average Bonchev–Trinajstić information content (AvgIpc) is 3.31. The molecular formula is C28H33F3N6O2S2. The zero-order chi connectivity index (χ0) is 29.3. The molecule has 220 valence electrons. The van der Waals surface area contributed by atoms with Gasteiger partial charge in [-0.1, -0.05) is 6.92 Å². The molecule has 2 aliphatic heterocycles. The fourth-order valence-corrected chi connectivity index (χ4v) is 7.64. The fraction of sp³-hybridized carbons (Fsp3) is 0.464. The van der Waals surface area contributed by atoms with Crippen LogP contribution in [0.15, 0.2) is 35.4 Å². The summed E-state index contributed by atoms with van der Waals surface area (Å²) in [4.78, 5) is 28.7. The fourth-order valence-electron chi connectivity index (χ4n) is 5.21. The van der Waals surface area contributed by atoms with Gasteiger partial charge in [-0.15, -0.1) is 23.1 Å². The molecule has 2 aliphatic rings. The number of carbonyl (C=O) groups excluding carboxylic acids is 1. The first-order chi connectivity index (χ1) is 19.6. The monoisotopic (exact) mass is 606 g/mol. The van der Waals surface area contributed by atoms with E-state index in [0.29, 0.717) is 35.0 Å². The predicted molar refractivity (Wildman–Crippen MR) is 157 cm³/mol. The van der Waals surface area contributed by atoms with E-state index in [-0.39, 0.29) is 35.1 Å². The zero-order valence-corrected chi connectivity index (χ0v) is 24.8. The molecular weight excluding hydrogens is 573 g/mol. The number of halogens is 3. The maximum absolute atomic E-state index is 14.0. The number of aryl methyl sites for hydroxylation is 1. The second-order valence-corrected chi connectivity index (χ2v) is 12.4. The molecule has 1 amide bonds. The molecule has 0 bridgehead atoms. The molecule has 5 rings (SSSR count). The topological polar surface area (TPSA) is 84.8 Å². The minimum absolute atomic E-state index is 0.0566. The number of aromatic nitrogens is 2. The van der Waals surface area contributed by atoms with Gasteiger partial charge in [-0.25, -0.2) is 9.97 Å². The van der Waals surface area contributed by atoms with Crippen LogP contribution in [0.4, 0.5) is 30.5 Å². The molecule has 0 aliphatic carbocycles. The number of thioether (sulfide) groups is 1. The van der Waals surface area contributed by atoms with E-state index in [1.165, 1.54) is 11.8 Å². The summed E-state index contributed by atoms with van der Waals surface area (Å²) in [7, 11) is 1.69. The van der Waals surface area contributed by atoms with E-state index in [1.807, 2.05) is 19.1 Å². The smallest absolute Gasteiger partial charge is 0.395 e. The third-order valence-corrected chi connectivity index (χ3v) is 9.71. The Bertz CT molecular complexity index is 1420. The third-order valence-electron chi connectivity index (χ3n) is 7.43. The Labute approximate surface area is 245 Å². The molecule has 3 aromatic rings. The highest BCUT2D eigenvalue weighted by Gasteiger charge is 2.37. The Kier molecular flexibility index (Phi) is 8.78. The van der Waals surface area contributed by atoms with E-state index in [0.717, 1.165) is 54.1 Å². The molecule has 2 aromatic heterocycles. The SMILES string of the molecule is CCc1cc(N2CCN(CCO)CC2C)ccc1Nc1ncc(C(F)(F)F)c(-c2cc3c(s2)C(=O)N(C)CCS3)n1. The minimum Gasteiger partial charge on any atom is -0.395 e. The lowest BCUT2D eigenvalue weighted by Crippen LogP contribution is -2.52. The molecule has 0 saturated carbocycles.